The van der Waals surface area contributed by atoms with E-state index in [1.54, 1.807) is 54.6 Å². The smallest absolute Gasteiger partial charge is 0.244 e. The topological polar surface area (TPSA) is 86.8 Å². The Morgan fingerprint density at radius 2 is 1.62 bits per heavy atom. The van der Waals surface area contributed by atoms with Gasteiger partial charge in [-0.3, -0.25) is 13.9 Å². The molecule has 7 nitrogen and oxygen atoms in total. The number of carbonyl (C=O) groups is 2. The summed E-state index contributed by atoms with van der Waals surface area (Å²) < 4.78 is 26.0. The fraction of sp³-hybridized carbons (Fsp3) is 0.391. The molecule has 0 saturated carbocycles. The van der Waals surface area contributed by atoms with Gasteiger partial charge < -0.3 is 10.2 Å². The predicted molar refractivity (Wildman–Crippen MR) is 128 cm³/mol. The van der Waals surface area contributed by atoms with E-state index in [-0.39, 0.29) is 18.5 Å². The standard InChI is InChI=1S/C23H30ClN3O4S/c1-5-21(23(29)25-17(2)3)26(15-18-11-9-10-14-20(18)24)22(28)16-27(32(4,30)31)19-12-7-6-8-13-19/h6-14,17,21H,5,15-16H2,1-4H3,(H,25,29). The summed E-state index contributed by atoms with van der Waals surface area (Å²) in [6.07, 6.45) is 1.41. The van der Waals surface area contributed by atoms with Gasteiger partial charge in [0, 0.05) is 17.6 Å². The van der Waals surface area contributed by atoms with E-state index in [0.29, 0.717) is 22.7 Å². The molecule has 0 fully saturated rings. The number of benzene rings is 2. The monoisotopic (exact) mass is 479 g/mol. The van der Waals surface area contributed by atoms with Crippen LogP contribution in [-0.4, -0.2) is 50.0 Å². The summed E-state index contributed by atoms with van der Waals surface area (Å²) in [6, 6.07) is 14.6. The SMILES string of the molecule is CCC(C(=O)NC(C)C)N(Cc1ccccc1Cl)C(=O)CN(c1ccccc1)S(C)(=O)=O. The summed E-state index contributed by atoms with van der Waals surface area (Å²) in [5.41, 5.74) is 1.05. The zero-order valence-electron chi connectivity index (χ0n) is 18.8. The highest BCUT2D eigenvalue weighted by Gasteiger charge is 2.32. The molecule has 1 atom stereocenters. The molecule has 0 saturated heterocycles. The van der Waals surface area contributed by atoms with Crippen LogP contribution < -0.4 is 9.62 Å². The Bertz CT molecular complexity index is 1030. The van der Waals surface area contributed by atoms with Crippen LogP contribution in [0.4, 0.5) is 5.69 Å². The van der Waals surface area contributed by atoms with Crippen LogP contribution in [0, 0.1) is 0 Å². The van der Waals surface area contributed by atoms with Crippen molar-refractivity contribution in [3.05, 3.63) is 65.2 Å². The van der Waals surface area contributed by atoms with Crippen LogP contribution in [-0.2, 0) is 26.2 Å². The van der Waals surface area contributed by atoms with Gasteiger partial charge >= 0.3 is 0 Å². The third-order valence-corrected chi connectivity index (χ3v) is 6.35. The van der Waals surface area contributed by atoms with E-state index in [4.69, 9.17) is 11.6 Å². The summed E-state index contributed by atoms with van der Waals surface area (Å²) in [5, 5.41) is 3.31. The lowest BCUT2D eigenvalue weighted by Gasteiger charge is -2.33. The Morgan fingerprint density at radius 1 is 1.03 bits per heavy atom. The molecule has 0 aliphatic heterocycles. The van der Waals surface area contributed by atoms with Crippen molar-refractivity contribution in [3.8, 4) is 0 Å². The maximum absolute atomic E-state index is 13.5. The fourth-order valence-corrected chi connectivity index (χ4v) is 4.36. The van der Waals surface area contributed by atoms with E-state index in [2.05, 4.69) is 5.32 Å². The lowest BCUT2D eigenvalue weighted by Crippen LogP contribution is -2.53. The summed E-state index contributed by atoms with van der Waals surface area (Å²) in [4.78, 5) is 27.8. The number of hydrogen-bond acceptors (Lipinski definition) is 4. The molecule has 1 N–H and O–H groups in total. The van der Waals surface area contributed by atoms with Crippen LogP contribution in [0.5, 0.6) is 0 Å². The minimum Gasteiger partial charge on any atom is -0.352 e. The van der Waals surface area contributed by atoms with E-state index >= 15 is 0 Å². The molecule has 2 aromatic carbocycles. The lowest BCUT2D eigenvalue weighted by molar-refractivity contribution is -0.140. The molecule has 0 heterocycles. The van der Waals surface area contributed by atoms with E-state index in [1.165, 1.54) is 4.90 Å². The van der Waals surface area contributed by atoms with Crippen molar-refractivity contribution in [1.29, 1.82) is 0 Å². The maximum atomic E-state index is 13.5. The van der Waals surface area contributed by atoms with Crippen molar-refractivity contribution in [2.75, 3.05) is 17.1 Å². The van der Waals surface area contributed by atoms with Crippen LogP contribution >= 0.6 is 11.6 Å². The Morgan fingerprint density at radius 3 is 2.16 bits per heavy atom. The molecule has 0 aliphatic rings. The molecule has 0 radical (unpaired) electrons. The third-order valence-electron chi connectivity index (χ3n) is 4.84. The van der Waals surface area contributed by atoms with Gasteiger partial charge in [0.2, 0.25) is 21.8 Å². The zero-order chi connectivity index (χ0) is 23.9. The first kappa shape index (κ1) is 25.7. The first-order valence-electron chi connectivity index (χ1n) is 10.4. The maximum Gasteiger partial charge on any atom is 0.244 e. The van der Waals surface area contributed by atoms with Gasteiger partial charge in [-0.1, -0.05) is 54.9 Å². The Labute approximate surface area is 195 Å². The van der Waals surface area contributed by atoms with Gasteiger partial charge in [-0.2, -0.15) is 0 Å². The highest BCUT2D eigenvalue weighted by atomic mass is 35.5. The first-order chi connectivity index (χ1) is 15.0. The third kappa shape index (κ3) is 6.97. The van der Waals surface area contributed by atoms with Crippen LogP contribution in [0.25, 0.3) is 0 Å². The lowest BCUT2D eigenvalue weighted by atomic mass is 10.1. The van der Waals surface area contributed by atoms with Gasteiger partial charge in [-0.15, -0.1) is 0 Å². The second kappa shape index (κ2) is 11.3. The van der Waals surface area contributed by atoms with Gasteiger partial charge in [0.25, 0.3) is 0 Å². The average Bonchev–Trinajstić information content (AvgIpc) is 2.72. The van der Waals surface area contributed by atoms with Gasteiger partial charge in [0.1, 0.15) is 12.6 Å². The number of amides is 2. The molecule has 1 unspecified atom stereocenters. The van der Waals surface area contributed by atoms with Gasteiger partial charge in [-0.05, 0) is 44.0 Å². The predicted octanol–water partition coefficient (Wildman–Crippen LogP) is 3.44. The minimum absolute atomic E-state index is 0.0783. The van der Waals surface area contributed by atoms with Crippen molar-refractivity contribution >= 4 is 39.1 Å². The molecule has 0 spiro atoms. The summed E-state index contributed by atoms with van der Waals surface area (Å²) in [7, 11) is -3.74. The second-order valence-corrected chi connectivity index (χ2v) is 10.1. The van der Waals surface area contributed by atoms with E-state index in [9.17, 15) is 18.0 Å². The second-order valence-electron chi connectivity index (χ2n) is 7.81. The molecular weight excluding hydrogens is 450 g/mol. The molecule has 0 aromatic heterocycles. The van der Waals surface area contributed by atoms with E-state index < -0.39 is 28.5 Å². The molecule has 0 bridgehead atoms. The van der Waals surface area contributed by atoms with Crippen LogP contribution in [0.1, 0.15) is 32.8 Å². The van der Waals surface area contributed by atoms with Crippen molar-refractivity contribution in [2.45, 2.75) is 45.8 Å². The van der Waals surface area contributed by atoms with Crippen LogP contribution in [0.15, 0.2) is 54.6 Å². The minimum atomic E-state index is -3.74. The van der Waals surface area contributed by atoms with Crippen molar-refractivity contribution in [2.24, 2.45) is 0 Å². The number of nitrogens with zero attached hydrogens (tertiary/aromatic N) is 2. The summed E-state index contributed by atoms with van der Waals surface area (Å²) in [5.74, 6) is -0.793. The Balaban J connectivity index is 2.43. The number of anilines is 1. The van der Waals surface area contributed by atoms with Crippen LogP contribution in [0.3, 0.4) is 0 Å². The first-order valence-corrected chi connectivity index (χ1v) is 12.6. The van der Waals surface area contributed by atoms with E-state index in [0.717, 1.165) is 10.6 Å². The quantitative estimate of drug-likeness (QED) is 0.565. The van der Waals surface area contributed by atoms with Crippen molar-refractivity contribution in [1.82, 2.24) is 10.2 Å². The van der Waals surface area contributed by atoms with Gasteiger partial charge in [-0.25, -0.2) is 8.42 Å². The number of hydrogen-bond donors (Lipinski definition) is 1. The number of halogens is 1. The van der Waals surface area contributed by atoms with E-state index in [1.807, 2.05) is 20.8 Å². The fourth-order valence-electron chi connectivity index (χ4n) is 3.32. The molecule has 2 aromatic rings. The van der Waals surface area contributed by atoms with Gasteiger partial charge in [0.15, 0.2) is 0 Å². The molecule has 9 heteroatoms. The number of rotatable bonds is 10. The molecule has 174 valence electrons. The molecule has 0 aliphatic carbocycles. The molecule has 32 heavy (non-hydrogen) atoms. The molecule has 2 rings (SSSR count). The highest BCUT2D eigenvalue weighted by Crippen LogP contribution is 2.22. The van der Waals surface area contributed by atoms with Gasteiger partial charge in [0.05, 0.1) is 11.9 Å². The number of sulfonamides is 1. The normalized spacial score (nSPS) is 12.3. The van der Waals surface area contributed by atoms with Crippen molar-refractivity contribution in [3.63, 3.8) is 0 Å². The Hall–Kier alpha value is -2.58. The number of para-hydroxylation sites is 1. The average molecular weight is 480 g/mol. The largest absolute Gasteiger partial charge is 0.352 e. The summed E-state index contributed by atoms with van der Waals surface area (Å²) in [6.45, 7) is 5.13. The number of nitrogens with one attached hydrogen (secondary N) is 1. The van der Waals surface area contributed by atoms with Crippen LogP contribution in [0.2, 0.25) is 5.02 Å². The van der Waals surface area contributed by atoms with Crippen molar-refractivity contribution < 1.29 is 18.0 Å². The zero-order valence-corrected chi connectivity index (χ0v) is 20.4. The Kier molecular flexibility index (Phi) is 9.09. The molecular formula is C23H30ClN3O4S. The number of carbonyl (C=O) groups excluding carboxylic acids is 2. The summed E-state index contributed by atoms with van der Waals surface area (Å²) >= 11 is 6.31. The highest BCUT2D eigenvalue weighted by molar-refractivity contribution is 7.92. The molecule has 2 amide bonds.